The maximum absolute atomic E-state index is 12.2. The first-order valence-electron chi connectivity index (χ1n) is 18.9. The maximum Gasteiger partial charge on any atom is 2.00 e. The van der Waals surface area contributed by atoms with E-state index in [9.17, 15) is 19.8 Å². The minimum atomic E-state index is -1.20. The first-order valence-corrected chi connectivity index (χ1v) is 18.9. The van der Waals surface area contributed by atoms with Gasteiger partial charge in [-0.15, -0.1) is 0 Å². The number of carbonyl (C=O) groups excluding carboxylic acids is 2. The number of hydrogen-bond acceptors (Lipinski definition) is 8. The van der Waals surface area contributed by atoms with Gasteiger partial charge in [-0.05, 0) is 71.6 Å². The molecule has 0 unspecified atom stereocenters. The number of nitrogens with zero attached hydrogens (tertiary/aromatic N) is 8. The normalized spacial score (nSPS) is 12.1. The molecule has 0 saturated carbocycles. The Hall–Kier alpha value is -3.60. The Balaban J connectivity index is 0.000000360. The molecule has 0 radical (unpaired) electrons. The Bertz CT molecular complexity index is 1560. The van der Waals surface area contributed by atoms with Gasteiger partial charge in [0, 0.05) is 22.8 Å². The van der Waals surface area contributed by atoms with Crippen LogP contribution in [0, 0.1) is 0 Å². The predicted octanol–water partition coefficient (Wildman–Crippen LogP) is 6.74. The zero-order chi connectivity index (χ0) is 39.5. The van der Waals surface area contributed by atoms with Crippen LogP contribution in [0.1, 0.15) is 216 Å². The molecule has 4 heterocycles. The van der Waals surface area contributed by atoms with E-state index in [1.807, 2.05) is 79.7 Å². The van der Waals surface area contributed by atoms with Crippen LogP contribution in [0.15, 0.2) is 24.3 Å². The van der Waals surface area contributed by atoms with Gasteiger partial charge in [0.2, 0.25) is 0 Å². The molecule has 0 aliphatic rings. The minimum absolute atomic E-state index is 0. The molecule has 0 aromatic carbocycles. The molecule has 53 heavy (non-hydrogen) atoms. The number of carbonyl (C=O) groups is 2. The van der Waals surface area contributed by atoms with Crippen LogP contribution >= 0.6 is 0 Å². The van der Waals surface area contributed by atoms with Gasteiger partial charge in [0.25, 0.3) is 0 Å². The van der Waals surface area contributed by atoms with E-state index < -0.39 is 24.3 Å². The van der Waals surface area contributed by atoms with Crippen molar-refractivity contribution in [3.05, 3.63) is 69.8 Å². The molecule has 13 heteroatoms. The molecule has 0 fully saturated rings. The number of carboxylic acid groups (broad SMARTS) is 2. The summed E-state index contributed by atoms with van der Waals surface area (Å²) in [5.74, 6) is -1.00. The third-order valence-corrected chi connectivity index (χ3v) is 9.21. The largest absolute Gasteiger partial charge is 2.00 e. The molecule has 0 bridgehead atoms. The molecule has 0 N–H and O–H groups in total. The van der Waals surface area contributed by atoms with Crippen LogP contribution in [-0.2, 0) is 29.1 Å². The van der Waals surface area contributed by atoms with Crippen molar-refractivity contribution < 1.29 is 39.3 Å². The van der Waals surface area contributed by atoms with Gasteiger partial charge in [0.1, 0.15) is 0 Å². The van der Waals surface area contributed by atoms with Gasteiger partial charge in [-0.25, -0.2) is 18.7 Å². The average Bonchev–Trinajstić information content (AvgIpc) is 3.82. The minimum Gasteiger partial charge on any atom is -0.546 e. The summed E-state index contributed by atoms with van der Waals surface area (Å²) >= 11 is 0. The van der Waals surface area contributed by atoms with Crippen LogP contribution in [0.5, 0.6) is 0 Å². The number of aliphatic carboxylic acids is 2. The summed E-state index contributed by atoms with van der Waals surface area (Å²) in [5.41, 5.74) is 7.01. The Labute approximate surface area is 329 Å². The first kappa shape index (κ1) is 45.6. The average molecular weight is 784 g/mol. The van der Waals surface area contributed by atoms with Crippen molar-refractivity contribution in [2.75, 3.05) is 0 Å². The molecule has 288 valence electrons. The van der Waals surface area contributed by atoms with Crippen molar-refractivity contribution in [2.24, 2.45) is 0 Å². The van der Waals surface area contributed by atoms with Crippen molar-refractivity contribution in [1.29, 1.82) is 0 Å². The fraction of sp³-hybridized carbons (Fsp3) is 0.650. The number of carboxylic acids is 2. The van der Waals surface area contributed by atoms with Crippen LogP contribution in [0.2, 0.25) is 0 Å². The second kappa shape index (κ2) is 18.6. The number of hydrogen-bond donors (Lipinski definition) is 0. The molecule has 0 saturated heterocycles. The smallest absolute Gasteiger partial charge is 0.546 e. The molecular weight excluding hydrogens is 722 g/mol. The Morgan fingerprint density at radius 3 is 0.679 bits per heavy atom. The van der Waals surface area contributed by atoms with E-state index >= 15 is 0 Å². The first-order chi connectivity index (χ1) is 24.1. The van der Waals surface area contributed by atoms with Gasteiger partial charge in [-0.3, -0.25) is 0 Å². The summed E-state index contributed by atoms with van der Waals surface area (Å²) in [6.07, 6.45) is -2.19. The SMILES string of the molecule is CC(C)c1cc(C(C)C)n(C(C(=O)[O-])n2nc(C(C)C)cc2C(C)C)n1.CC(C)c1cc(C(C)C)n(C(C(=O)[O-])n2nc(C(C)C)cc2C(C)C)n1.[Zn+2]. The van der Waals surface area contributed by atoms with E-state index in [-0.39, 0.29) is 66.8 Å². The monoisotopic (exact) mass is 782 g/mol. The molecular formula is C40H62N8O4Zn. The van der Waals surface area contributed by atoms with E-state index in [0.29, 0.717) is 0 Å². The summed E-state index contributed by atoms with van der Waals surface area (Å²) in [6.45, 7) is 32.7. The summed E-state index contributed by atoms with van der Waals surface area (Å²) in [7, 11) is 0. The zero-order valence-corrected chi connectivity index (χ0v) is 38.0. The van der Waals surface area contributed by atoms with Crippen molar-refractivity contribution in [1.82, 2.24) is 39.1 Å². The molecule has 0 aliphatic carbocycles. The van der Waals surface area contributed by atoms with Crippen LogP contribution in [0.25, 0.3) is 0 Å². The van der Waals surface area contributed by atoms with Gasteiger partial charge >= 0.3 is 19.5 Å². The second-order valence-electron chi connectivity index (χ2n) is 16.4. The van der Waals surface area contributed by atoms with Crippen LogP contribution in [0.4, 0.5) is 0 Å². The molecule has 0 atom stereocenters. The van der Waals surface area contributed by atoms with Crippen LogP contribution in [-0.4, -0.2) is 51.1 Å². The van der Waals surface area contributed by atoms with Crippen molar-refractivity contribution in [3.8, 4) is 0 Å². The summed E-state index contributed by atoms with van der Waals surface area (Å²) < 4.78 is 6.33. The fourth-order valence-electron chi connectivity index (χ4n) is 5.96. The second-order valence-corrected chi connectivity index (χ2v) is 16.4. The van der Waals surface area contributed by atoms with Gasteiger partial charge in [0.15, 0.2) is 12.3 Å². The zero-order valence-electron chi connectivity index (χ0n) is 35.0. The van der Waals surface area contributed by atoms with E-state index in [0.717, 1.165) is 45.6 Å². The Morgan fingerprint density at radius 1 is 0.396 bits per heavy atom. The van der Waals surface area contributed by atoms with Gasteiger partial charge < -0.3 is 19.8 Å². The summed E-state index contributed by atoms with van der Waals surface area (Å²) in [5, 5.41) is 42.8. The number of rotatable bonds is 14. The van der Waals surface area contributed by atoms with E-state index in [1.54, 1.807) is 18.7 Å². The van der Waals surface area contributed by atoms with Gasteiger partial charge in [-0.2, -0.15) is 20.4 Å². The molecule has 12 nitrogen and oxygen atoms in total. The van der Waals surface area contributed by atoms with Crippen molar-refractivity contribution >= 4 is 11.9 Å². The van der Waals surface area contributed by atoms with Crippen molar-refractivity contribution in [3.63, 3.8) is 0 Å². The Morgan fingerprint density at radius 2 is 0.566 bits per heavy atom. The molecule has 0 spiro atoms. The predicted molar refractivity (Wildman–Crippen MR) is 201 cm³/mol. The Kier molecular flexibility index (Phi) is 16.0. The molecule has 0 amide bonds. The van der Waals surface area contributed by atoms with E-state index in [4.69, 9.17) is 0 Å². The van der Waals surface area contributed by atoms with Crippen LogP contribution in [0.3, 0.4) is 0 Å². The van der Waals surface area contributed by atoms with Crippen molar-refractivity contribution in [2.45, 2.75) is 170 Å². The molecule has 4 aromatic rings. The molecule has 0 aliphatic heterocycles. The van der Waals surface area contributed by atoms with Crippen LogP contribution < -0.4 is 10.2 Å². The topological polar surface area (TPSA) is 152 Å². The molecule has 4 rings (SSSR count). The number of aromatic nitrogens is 8. The quantitative estimate of drug-likeness (QED) is 0.128. The maximum atomic E-state index is 12.2. The van der Waals surface area contributed by atoms with E-state index in [1.165, 1.54) is 0 Å². The molecule has 4 aromatic heterocycles. The van der Waals surface area contributed by atoms with Gasteiger partial charge in [0.05, 0.1) is 34.7 Å². The summed E-state index contributed by atoms with van der Waals surface area (Å²) in [6, 6.07) is 7.97. The third kappa shape index (κ3) is 10.3. The third-order valence-electron chi connectivity index (χ3n) is 9.21. The van der Waals surface area contributed by atoms with E-state index in [2.05, 4.69) is 75.8 Å². The summed E-state index contributed by atoms with van der Waals surface area (Å²) in [4.78, 5) is 24.4. The standard InChI is InChI=1S/2C20H32N4O2.Zn/c2*1-11(2)15-9-17(13(5)6)23(21-15)19(20(25)26)24-18(14(7)8)10-16(22-24)12(3)4;/h2*9-14,19H,1-8H3,(H,25,26);/q;;+2/p-2. The van der Waals surface area contributed by atoms with Gasteiger partial charge in [-0.1, -0.05) is 111 Å². The fourth-order valence-corrected chi connectivity index (χ4v) is 5.96.